The Bertz CT molecular complexity index is 989. The summed E-state index contributed by atoms with van der Waals surface area (Å²) in [7, 11) is 0. The summed E-state index contributed by atoms with van der Waals surface area (Å²) in [6.07, 6.45) is 3.34. The summed E-state index contributed by atoms with van der Waals surface area (Å²) in [5, 5.41) is 12.5. The largest absolute Gasteiger partial charge is 0.411 e. The summed E-state index contributed by atoms with van der Waals surface area (Å²) in [6.45, 7) is 0. The molecular weight excluding hydrogens is 406 g/mol. The van der Waals surface area contributed by atoms with Gasteiger partial charge in [-0.2, -0.15) is 4.98 Å². The van der Waals surface area contributed by atoms with Crippen molar-refractivity contribution in [1.29, 1.82) is 0 Å². The lowest BCUT2D eigenvalue weighted by atomic mass is 10.2. The first kappa shape index (κ1) is 16.0. The third-order valence-corrected chi connectivity index (χ3v) is 4.66. The van der Waals surface area contributed by atoms with Crippen LogP contribution in [0.2, 0.25) is 0 Å². The van der Waals surface area contributed by atoms with Crippen molar-refractivity contribution in [2.75, 3.05) is 0 Å². The number of rotatable bonds is 5. The highest BCUT2D eigenvalue weighted by atomic mass is 79.9. The summed E-state index contributed by atoms with van der Waals surface area (Å²) in [6, 6.07) is 11.5. The predicted octanol–water partition coefficient (Wildman–Crippen LogP) is 4.24. The van der Waals surface area contributed by atoms with Gasteiger partial charge in [0, 0.05) is 22.4 Å². The van der Waals surface area contributed by atoms with E-state index in [1.54, 1.807) is 18.5 Å². The van der Waals surface area contributed by atoms with Crippen LogP contribution in [0.5, 0.6) is 0 Å². The van der Waals surface area contributed by atoms with E-state index in [-0.39, 0.29) is 0 Å². The molecule has 0 radical (unpaired) electrons. The molecule has 1 aromatic carbocycles. The molecule has 0 amide bonds. The maximum Gasteiger partial charge on any atom is 0.277 e. The number of nitrogens with zero attached hydrogens (tertiary/aromatic N) is 5. The Morgan fingerprint density at radius 1 is 1.08 bits per heavy atom. The minimum Gasteiger partial charge on any atom is -0.411 e. The summed E-state index contributed by atoms with van der Waals surface area (Å²) >= 11 is 4.75. The summed E-state index contributed by atoms with van der Waals surface area (Å²) < 4.78 is 11.7. The molecule has 0 saturated heterocycles. The number of hydrogen-bond acceptors (Lipinski definition) is 8. The van der Waals surface area contributed by atoms with Crippen LogP contribution >= 0.6 is 27.7 Å². The van der Waals surface area contributed by atoms with E-state index in [0.29, 0.717) is 28.6 Å². The molecule has 3 heterocycles. The molecule has 7 nitrogen and oxygen atoms in total. The van der Waals surface area contributed by atoms with Crippen molar-refractivity contribution in [2.45, 2.75) is 11.0 Å². The molecule has 0 saturated carbocycles. The summed E-state index contributed by atoms with van der Waals surface area (Å²) in [5.74, 6) is 1.92. The second-order valence-corrected chi connectivity index (χ2v) is 6.68. The zero-order valence-corrected chi connectivity index (χ0v) is 15.1. The molecule has 0 aliphatic carbocycles. The van der Waals surface area contributed by atoms with E-state index in [2.05, 4.69) is 41.3 Å². The Morgan fingerprint density at radius 2 is 1.96 bits per heavy atom. The Hall–Kier alpha value is -2.52. The fourth-order valence-electron chi connectivity index (χ4n) is 2.07. The normalized spacial score (nSPS) is 10.9. The lowest BCUT2D eigenvalue weighted by Gasteiger charge is -1.96. The van der Waals surface area contributed by atoms with Gasteiger partial charge in [-0.15, -0.1) is 10.2 Å². The van der Waals surface area contributed by atoms with Gasteiger partial charge < -0.3 is 8.94 Å². The molecule has 124 valence electrons. The highest BCUT2D eigenvalue weighted by Gasteiger charge is 2.14. The average Bonchev–Trinajstić information content (AvgIpc) is 3.31. The molecule has 0 N–H and O–H groups in total. The van der Waals surface area contributed by atoms with E-state index in [9.17, 15) is 0 Å². The number of hydrogen-bond donors (Lipinski definition) is 0. The predicted molar refractivity (Wildman–Crippen MR) is 94.5 cm³/mol. The molecule has 0 spiro atoms. The van der Waals surface area contributed by atoms with E-state index < -0.39 is 0 Å². The minimum absolute atomic E-state index is 0.423. The SMILES string of the molecule is Brc1cnccc1-c1nnc(SCc2nc(-c3ccccc3)no2)o1. The zero-order valence-electron chi connectivity index (χ0n) is 12.7. The van der Waals surface area contributed by atoms with Gasteiger partial charge in [0.1, 0.15) is 0 Å². The van der Waals surface area contributed by atoms with Crippen LogP contribution in [-0.2, 0) is 5.75 Å². The van der Waals surface area contributed by atoms with Crippen LogP contribution in [0.1, 0.15) is 5.89 Å². The molecule has 0 aliphatic heterocycles. The molecular formula is C16H10BrN5O2S. The monoisotopic (exact) mass is 415 g/mol. The molecule has 25 heavy (non-hydrogen) atoms. The number of aromatic nitrogens is 5. The first-order valence-corrected chi connectivity index (χ1v) is 9.01. The molecule has 4 rings (SSSR count). The highest BCUT2D eigenvalue weighted by Crippen LogP contribution is 2.29. The Balaban J connectivity index is 1.44. The maximum atomic E-state index is 5.66. The third-order valence-electron chi connectivity index (χ3n) is 3.23. The average molecular weight is 416 g/mol. The first-order chi connectivity index (χ1) is 12.3. The molecule has 0 unspecified atom stereocenters. The van der Waals surface area contributed by atoms with Crippen molar-refractivity contribution in [1.82, 2.24) is 25.3 Å². The van der Waals surface area contributed by atoms with Crippen molar-refractivity contribution in [2.24, 2.45) is 0 Å². The fourth-order valence-corrected chi connectivity index (χ4v) is 3.09. The van der Waals surface area contributed by atoms with Gasteiger partial charge in [-0.05, 0) is 22.0 Å². The molecule has 3 aromatic heterocycles. The molecule has 0 fully saturated rings. The standard InChI is InChI=1S/C16H10BrN5O2S/c17-12-8-18-7-6-11(12)15-20-21-16(23-15)25-9-13-19-14(22-24-13)10-4-2-1-3-5-10/h1-8H,9H2. The quantitative estimate of drug-likeness (QED) is 0.447. The van der Waals surface area contributed by atoms with Crippen LogP contribution in [0, 0.1) is 0 Å². The van der Waals surface area contributed by atoms with Crippen LogP contribution in [0.3, 0.4) is 0 Å². The molecule has 0 atom stereocenters. The highest BCUT2D eigenvalue weighted by molar-refractivity contribution is 9.10. The van der Waals surface area contributed by atoms with Crippen molar-refractivity contribution in [3.05, 3.63) is 59.2 Å². The van der Waals surface area contributed by atoms with Crippen molar-refractivity contribution < 1.29 is 8.94 Å². The van der Waals surface area contributed by atoms with Gasteiger partial charge in [-0.3, -0.25) is 4.98 Å². The van der Waals surface area contributed by atoms with Crippen molar-refractivity contribution in [3.63, 3.8) is 0 Å². The second kappa shape index (κ2) is 7.16. The lowest BCUT2D eigenvalue weighted by molar-refractivity contribution is 0.391. The van der Waals surface area contributed by atoms with Gasteiger partial charge in [0.05, 0.1) is 11.3 Å². The lowest BCUT2D eigenvalue weighted by Crippen LogP contribution is -1.82. The van der Waals surface area contributed by atoms with Crippen LogP contribution in [0.15, 0.2) is 67.4 Å². The smallest absolute Gasteiger partial charge is 0.277 e. The van der Waals surface area contributed by atoms with E-state index >= 15 is 0 Å². The fraction of sp³-hybridized carbons (Fsp3) is 0.0625. The summed E-state index contributed by atoms with van der Waals surface area (Å²) in [5.41, 5.74) is 1.70. The molecule has 4 aromatic rings. The Kier molecular flexibility index (Phi) is 4.57. The summed E-state index contributed by atoms with van der Waals surface area (Å²) in [4.78, 5) is 8.38. The Labute approximate surface area is 155 Å². The van der Waals surface area contributed by atoms with Crippen molar-refractivity contribution in [3.8, 4) is 22.8 Å². The Morgan fingerprint density at radius 3 is 2.80 bits per heavy atom. The van der Waals surface area contributed by atoms with E-state index in [1.165, 1.54) is 11.8 Å². The van der Waals surface area contributed by atoms with Gasteiger partial charge in [-0.25, -0.2) is 0 Å². The molecule has 9 heteroatoms. The number of benzene rings is 1. The minimum atomic E-state index is 0.423. The third kappa shape index (κ3) is 3.62. The number of pyridine rings is 1. The first-order valence-electron chi connectivity index (χ1n) is 7.24. The maximum absolute atomic E-state index is 5.66. The molecule has 0 bridgehead atoms. The van der Waals surface area contributed by atoms with Crippen LogP contribution < -0.4 is 0 Å². The molecule has 0 aliphatic rings. The van der Waals surface area contributed by atoms with Gasteiger partial charge in [0.2, 0.25) is 17.6 Å². The van der Waals surface area contributed by atoms with Gasteiger partial charge in [0.25, 0.3) is 5.22 Å². The topological polar surface area (TPSA) is 90.7 Å². The number of thioether (sulfide) groups is 1. The van der Waals surface area contributed by atoms with Gasteiger partial charge in [-0.1, -0.05) is 47.3 Å². The van der Waals surface area contributed by atoms with Crippen LogP contribution in [0.25, 0.3) is 22.8 Å². The second-order valence-electron chi connectivity index (χ2n) is 4.90. The van der Waals surface area contributed by atoms with E-state index in [4.69, 9.17) is 8.94 Å². The van der Waals surface area contributed by atoms with Gasteiger partial charge >= 0.3 is 0 Å². The van der Waals surface area contributed by atoms with E-state index in [1.807, 2.05) is 30.3 Å². The van der Waals surface area contributed by atoms with Crippen LogP contribution in [0.4, 0.5) is 0 Å². The van der Waals surface area contributed by atoms with Crippen molar-refractivity contribution >= 4 is 27.7 Å². The van der Waals surface area contributed by atoms with E-state index in [0.717, 1.165) is 15.6 Å². The van der Waals surface area contributed by atoms with Gasteiger partial charge in [0.15, 0.2) is 0 Å². The number of halogens is 1. The van der Waals surface area contributed by atoms with Crippen LogP contribution in [-0.4, -0.2) is 25.3 Å². The zero-order chi connectivity index (χ0) is 17.1.